The molecule has 0 aliphatic carbocycles. The lowest BCUT2D eigenvalue weighted by molar-refractivity contribution is 0.174. The molecule has 1 aliphatic heterocycles. The highest BCUT2D eigenvalue weighted by atomic mass is 16.7. The first-order valence-corrected chi connectivity index (χ1v) is 6.59. The fourth-order valence-electron chi connectivity index (χ4n) is 2.08. The van der Waals surface area contributed by atoms with Gasteiger partial charge < -0.3 is 19.9 Å². The minimum atomic E-state index is 0.00379. The van der Waals surface area contributed by atoms with Gasteiger partial charge in [0.05, 0.1) is 0 Å². The summed E-state index contributed by atoms with van der Waals surface area (Å²) >= 11 is 0. The molecule has 0 radical (unpaired) electrons. The van der Waals surface area contributed by atoms with Gasteiger partial charge in [0.1, 0.15) is 12.4 Å². The molecule has 2 aromatic rings. The average Bonchev–Trinajstić information content (AvgIpc) is 2.93. The highest BCUT2D eigenvalue weighted by molar-refractivity contribution is 5.44. The summed E-state index contributed by atoms with van der Waals surface area (Å²) in [4.78, 5) is 0. The fourth-order valence-corrected chi connectivity index (χ4v) is 2.08. The first kappa shape index (κ1) is 12.8. The van der Waals surface area contributed by atoms with Crippen LogP contribution in [-0.4, -0.2) is 6.79 Å². The molecule has 4 heteroatoms. The van der Waals surface area contributed by atoms with Crippen molar-refractivity contribution in [3.05, 3.63) is 53.6 Å². The molecule has 104 valence electrons. The Morgan fingerprint density at radius 2 is 2.00 bits per heavy atom. The van der Waals surface area contributed by atoms with E-state index >= 15 is 0 Å². The van der Waals surface area contributed by atoms with Crippen LogP contribution in [0.3, 0.4) is 0 Å². The quantitative estimate of drug-likeness (QED) is 0.928. The van der Waals surface area contributed by atoms with E-state index < -0.39 is 0 Å². The van der Waals surface area contributed by atoms with Gasteiger partial charge in [0.2, 0.25) is 6.79 Å². The fraction of sp³-hybridized carbons (Fsp3) is 0.250. The number of rotatable bonds is 4. The first-order valence-electron chi connectivity index (χ1n) is 6.59. The molecule has 3 rings (SSSR count). The van der Waals surface area contributed by atoms with Crippen molar-refractivity contribution in [2.24, 2.45) is 5.73 Å². The van der Waals surface area contributed by atoms with Crippen LogP contribution >= 0.6 is 0 Å². The Kier molecular flexibility index (Phi) is 3.48. The van der Waals surface area contributed by atoms with Crippen molar-refractivity contribution in [3.8, 4) is 17.2 Å². The monoisotopic (exact) mass is 271 g/mol. The smallest absolute Gasteiger partial charge is 0.231 e. The van der Waals surface area contributed by atoms with Crippen LogP contribution in [-0.2, 0) is 6.61 Å². The highest BCUT2D eigenvalue weighted by Gasteiger charge is 2.13. The van der Waals surface area contributed by atoms with Crippen LogP contribution in [0.2, 0.25) is 0 Å². The Morgan fingerprint density at radius 1 is 1.15 bits per heavy atom. The molecule has 2 aromatic carbocycles. The molecule has 0 aromatic heterocycles. The highest BCUT2D eigenvalue weighted by Crippen LogP contribution is 2.32. The number of nitrogens with two attached hydrogens (primary N) is 1. The molecule has 1 heterocycles. The zero-order valence-corrected chi connectivity index (χ0v) is 11.3. The summed E-state index contributed by atoms with van der Waals surface area (Å²) in [5.74, 6) is 2.38. The Balaban J connectivity index is 1.69. The van der Waals surface area contributed by atoms with Gasteiger partial charge in [-0.15, -0.1) is 0 Å². The second-order valence-corrected chi connectivity index (χ2v) is 4.84. The standard InChI is InChI=1S/C16H17NO3/c1-11(17)13-3-2-4-14(8-13)18-9-12-5-6-15-16(7-12)20-10-19-15/h2-8,11H,9-10,17H2,1H3. The van der Waals surface area contributed by atoms with Gasteiger partial charge in [-0.2, -0.15) is 0 Å². The van der Waals surface area contributed by atoms with Crippen molar-refractivity contribution in [2.75, 3.05) is 6.79 Å². The van der Waals surface area contributed by atoms with Crippen LogP contribution in [0.1, 0.15) is 24.1 Å². The van der Waals surface area contributed by atoms with Crippen molar-refractivity contribution in [1.29, 1.82) is 0 Å². The SMILES string of the molecule is CC(N)c1cccc(OCc2ccc3c(c2)OCO3)c1. The maximum Gasteiger partial charge on any atom is 0.231 e. The third kappa shape index (κ3) is 2.70. The number of hydrogen-bond donors (Lipinski definition) is 1. The zero-order valence-electron chi connectivity index (χ0n) is 11.3. The van der Waals surface area contributed by atoms with Crippen LogP contribution < -0.4 is 19.9 Å². The van der Waals surface area contributed by atoms with Crippen LogP contribution in [0.15, 0.2) is 42.5 Å². The van der Waals surface area contributed by atoms with Crippen molar-refractivity contribution >= 4 is 0 Å². The van der Waals surface area contributed by atoms with Crippen molar-refractivity contribution in [1.82, 2.24) is 0 Å². The Morgan fingerprint density at radius 3 is 2.85 bits per heavy atom. The van der Waals surface area contributed by atoms with Gasteiger partial charge in [0.15, 0.2) is 11.5 Å². The van der Waals surface area contributed by atoms with E-state index in [0.717, 1.165) is 28.4 Å². The molecule has 2 N–H and O–H groups in total. The zero-order chi connectivity index (χ0) is 13.9. The predicted molar refractivity (Wildman–Crippen MR) is 75.9 cm³/mol. The maximum atomic E-state index is 5.87. The Labute approximate surface area is 118 Å². The molecule has 0 saturated carbocycles. The van der Waals surface area contributed by atoms with Gasteiger partial charge >= 0.3 is 0 Å². The number of ether oxygens (including phenoxy) is 3. The van der Waals surface area contributed by atoms with Crippen molar-refractivity contribution in [3.63, 3.8) is 0 Å². The van der Waals surface area contributed by atoms with E-state index in [2.05, 4.69) is 0 Å². The van der Waals surface area contributed by atoms with E-state index in [-0.39, 0.29) is 12.8 Å². The molecule has 1 unspecified atom stereocenters. The third-order valence-electron chi connectivity index (χ3n) is 3.23. The van der Waals surface area contributed by atoms with Crippen LogP contribution in [0.5, 0.6) is 17.2 Å². The molecule has 1 aliphatic rings. The molecular formula is C16H17NO3. The summed E-state index contributed by atoms with van der Waals surface area (Å²) in [6.07, 6.45) is 0. The van der Waals surface area contributed by atoms with Gasteiger partial charge in [-0.25, -0.2) is 0 Å². The average molecular weight is 271 g/mol. The van der Waals surface area contributed by atoms with E-state index in [1.807, 2.05) is 49.4 Å². The second-order valence-electron chi connectivity index (χ2n) is 4.84. The lowest BCUT2D eigenvalue weighted by Gasteiger charge is -2.10. The molecule has 0 bridgehead atoms. The summed E-state index contributed by atoms with van der Waals surface area (Å²) in [7, 11) is 0. The third-order valence-corrected chi connectivity index (χ3v) is 3.23. The summed E-state index contributed by atoms with van der Waals surface area (Å²) in [6, 6.07) is 13.7. The Bertz CT molecular complexity index is 610. The minimum absolute atomic E-state index is 0.00379. The molecule has 0 amide bonds. The van der Waals surface area contributed by atoms with Gasteiger partial charge in [0.25, 0.3) is 0 Å². The minimum Gasteiger partial charge on any atom is -0.489 e. The summed E-state index contributed by atoms with van der Waals surface area (Å²) in [5.41, 5.74) is 7.97. The first-order chi connectivity index (χ1) is 9.72. The molecular weight excluding hydrogens is 254 g/mol. The molecule has 0 spiro atoms. The molecule has 1 atom stereocenters. The molecule has 0 fully saturated rings. The van der Waals surface area contributed by atoms with Crippen molar-refractivity contribution < 1.29 is 14.2 Å². The van der Waals surface area contributed by atoms with Crippen molar-refractivity contribution in [2.45, 2.75) is 19.6 Å². The number of fused-ring (bicyclic) bond motifs is 1. The van der Waals surface area contributed by atoms with E-state index in [0.29, 0.717) is 6.61 Å². The van der Waals surface area contributed by atoms with Gasteiger partial charge in [0, 0.05) is 6.04 Å². The summed E-state index contributed by atoms with van der Waals surface area (Å²) in [6.45, 7) is 2.73. The van der Waals surface area contributed by atoms with Crippen LogP contribution in [0, 0.1) is 0 Å². The topological polar surface area (TPSA) is 53.7 Å². The van der Waals surface area contributed by atoms with Crippen LogP contribution in [0.4, 0.5) is 0 Å². The van der Waals surface area contributed by atoms with E-state index in [9.17, 15) is 0 Å². The summed E-state index contributed by atoms with van der Waals surface area (Å²) < 4.78 is 16.4. The number of benzene rings is 2. The second kappa shape index (κ2) is 5.43. The summed E-state index contributed by atoms with van der Waals surface area (Å²) in [5, 5.41) is 0. The molecule has 0 saturated heterocycles. The normalized spacial score (nSPS) is 14.1. The lowest BCUT2D eigenvalue weighted by Crippen LogP contribution is -2.05. The van der Waals surface area contributed by atoms with Gasteiger partial charge in [-0.3, -0.25) is 0 Å². The predicted octanol–water partition coefficient (Wildman–Crippen LogP) is 3.01. The molecule has 20 heavy (non-hydrogen) atoms. The lowest BCUT2D eigenvalue weighted by atomic mass is 10.1. The van der Waals surface area contributed by atoms with E-state index in [4.69, 9.17) is 19.9 Å². The van der Waals surface area contributed by atoms with E-state index in [1.165, 1.54) is 0 Å². The van der Waals surface area contributed by atoms with Gasteiger partial charge in [-0.05, 0) is 42.3 Å². The van der Waals surface area contributed by atoms with Gasteiger partial charge in [-0.1, -0.05) is 18.2 Å². The number of hydrogen-bond acceptors (Lipinski definition) is 4. The molecule has 4 nitrogen and oxygen atoms in total. The maximum absolute atomic E-state index is 5.87. The van der Waals surface area contributed by atoms with Crippen LogP contribution in [0.25, 0.3) is 0 Å². The largest absolute Gasteiger partial charge is 0.489 e. The Hall–Kier alpha value is -2.20. The van der Waals surface area contributed by atoms with E-state index in [1.54, 1.807) is 0 Å².